The molecule has 116 valence electrons. The van der Waals surface area contributed by atoms with E-state index in [1.807, 2.05) is 6.33 Å². The number of nitrogens with zero attached hydrogens (tertiary/aromatic N) is 4. The van der Waals surface area contributed by atoms with Crippen molar-refractivity contribution in [1.82, 2.24) is 25.0 Å². The highest BCUT2D eigenvalue weighted by Crippen LogP contribution is 2.37. The maximum atomic E-state index is 11.9. The summed E-state index contributed by atoms with van der Waals surface area (Å²) >= 11 is 0. The highest BCUT2D eigenvalue weighted by molar-refractivity contribution is 5.77. The summed E-state index contributed by atoms with van der Waals surface area (Å²) < 4.78 is 2.26. The Kier molecular flexibility index (Phi) is 4.53. The van der Waals surface area contributed by atoms with Gasteiger partial charge in [-0.1, -0.05) is 6.92 Å². The Hall–Kier alpha value is -1.43. The predicted octanol–water partition coefficient (Wildman–Crippen LogP) is 1.32. The van der Waals surface area contributed by atoms with Gasteiger partial charge in [-0.25, -0.2) is 0 Å². The molecule has 1 aromatic rings. The minimum absolute atomic E-state index is 0.140. The van der Waals surface area contributed by atoms with Gasteiger partial charge in [0.25, 0.3) is 0 Å². The third kappa shape index (κ3) is 3.61. The van der Waals surface area contributed by atoms with Crippen LogP contribution >= 0.6 is 0 Å². The van der Waals surface area contributed by atoms with Crippen molar-refractivity contribution in [1.29, 1.82) is 0 Å². The van der Waals surface area contributed by atoms with Crippen molar-refractivity contribution in [3.05, 3.63) is 12.2 Å². The van der Waals surface area contributed by atoms with E-state index in [4.69, 9.17) is 0 Å². The number of piperidine rings is 1. The molecule has 2 aliphatic rings. The molecule has 1 atom stereocenters. The first-order valence-corrected chi connectivity index (χ1v) is 8.16. The van der Waals surface area contributed by atoms with E-state index in [2.05, 4.69) is 31.9 Å². The molecular weight excluding hydrogens is 266 g/mol. The first kappa shape index (κ1) is 14.5. The Bertz CT molecular complexity index is 482. The molecule has 6 heteroatoms. The van der Waals surface area contributed by atoms with Crippen LogP contribution in [-0.2, 0) is 4.79 Å². The molecule has 2 heterocycles. The fourth-order valence-corrected chi connectivity index (χ4v) is 3.11. The van der Waals surface area contributed by atoms with Gasteiger partial charge in [0.2, 0.25) is 5.91 Å². The van der Waals surface area contributed by atoms with Crippen molar-refractivity contribution in [2.75, 3.05) is 26.2 Å². The average molecular weight is 291 g/mol. The molecule has 2 fully saturated rings. The zero-order valence-corrected chi connectivity index (χ0v) is 12.8. The summed E-state index contributed by atoms with van der Waals surface area (Å²) in [4.78, 5) is 14.1. The normalized spacial score (nSPS) is 23.2. The number of carbonyl (C=O) groups is 1. The molecule has 0 aromatic carbocycles. The van der Waals surface area contributed by atoms with Gasteiger partial charge in [-0.2, -0.15) is 0 Å². The number of aromatic nitrogens is 3. The van der Waals surface area contributed by atoms with Crippen LogP contribution in [0.1, 0.15) is 56.8 Å². The van der Waals surface area contributed by atoms with Crippen molar-refractivity contribution in [3.8, 4) is 0 Å². The van der Waals surface area contributed by atoms with Gasteiger partial charge >= 0.3 is 0 Å². The molecule has 1 aliphatic carbocycles. The van der Waals surface area contributed by atoms with E-state index in [1.54, 1.807) is 0 Å². The molecule has 1 amide bonds. The highest BCUT2D eigenvalue weighted by atomic mass is 16.2. The number of hydrogen-bond acceptors (Lipinski definition) is 4. The molecule has 1 saturated carbocycles. The van der Waals surface area contributed by atoms with E-state index < -0.39 is 0 Å². The minimum Gasteiger partial charge on any atom is -0.355 e. The van der Waals surface area contributed by atoms with E-state index in [-0.39, 0.29) is 5.91 Å². The first-order valence-electron chi connectivity index (χ1n) is 8.16. The predicted molar refractivity (Wildman–Crippen MR) is 80.0 cm³/mol. The fourth-order valence-electron chi connectivity index (χ4n) is 3.11. The molecule has 1 aliphatic heterocycles. The summed E-state index contributed by atoms with van der Waals surface area (Å²) in [5.41, 5.74) is 0. The van der Waals surface area contributed by atoms with Crippen LogP contribution in [-0.4, -0.2) is 51.8 Å². The van der Waals surface area contributed by atoms with Crippen LogP contribution in [0.3, 0.4) is 0 Å². The van der Waals surface area contributed by atoms with Gasteiger partial charge in [-0.05, 0) is 38.6 Å². The molecule has 1 saturated heterocycles. The molecule has 3 rings (SSSR count). The average Bonchev–Trinajstić information content (AvgIpc) is 3.22. The second-order valence-corrected chi connectivity index (χ2v) is 6.25. The van der Waals surface area contributed by atoms with Crippen molar-refractivity contribution < 1.29 is 4.79 Å². The van der Waals surface area contributed by atoms with Gasteiger partial charge in [-0.15, -0.1) is 10.2 Å². The molecule has 0 bridgehead atoms. The standard InChI is InChI=1S/C15H25N5O/c1-2-7-16-14(21)10-19-8-3-4-12(9-19)15-18-17-11-20(15)13-5-6-13/h11-13H,2-10H2,1H3,(H,16,21)/t12-/m0/s1. The molecule has 0 spiro atoms. The lowest BCUT2D eigenvalue weighted by atomic mass is 9.97. The second kappa shape index (κ2) is 6.56. The summed E-state index contributed by atoms with van der Waals surface area (Å²) in [6.45, 7) is 5.28. The Morgan fingerprint density at radius 1 is 1.43 bits per heavy atom. The number of likely N-dealkylation sites (tertiary alicyclic amines) is 1. The lowest BCUT2D eigenvalue weighted by Crippen LogP contribution is -2.42. The van der Waals surface area contributed by atoms with Crippen molar-refractivity contribution >= 4 is 5.91 Å². The summed E-state index contributed by atoms with van der Waals surface area (Å²) in [6.07, 6.45) is 7.64. The van der Waals surface area contributed by atoms with Crippen LogP contribution in [0, 0.1) is 0 Å². The Morgan fingerprint density at radius 2 is 2.29 bits per heavy atom. The zero-order valence-electron chi connectivity index (χ0n) is 12.8. The summed E-state index contributed by atoms with van der Waals surface area (Å²) in [5.74, 6) is 1.68. The van der Waals surface area contributed by atoms with E-state index in [0.29, 0.717) is 18.5 Å². The van der Waals surface area contributed by atoms with Gasteiger partial charge < -0.3 is 9.88 Å². The van der Waals surface area contributed by atoms with Gasteiger partial charge in [0, 0.05) is 25.0 Å². The monoisotopic (exact) mass is 291 g/mol. The Balaban J connectivity index is 1.57. The number of hydrogen-bond donors (Lipinski definition) is 1. The van der Waals surface area contributed by atoms with Crippen LogP contribution in [0.4, 0.5) is 0 Å². The quantitative estimate of drug-likeness (QED) is 0.858. The zero-order chi connectivity index (χ0) is 14.7. The number of carbonyl (C=O) groups excluding carboxylic acids is 1. The fraction of sp³-hybridized carbons (Fsp3) is 0.800. The van der Waals surface area contributed by atoms with Crippen LogP contribution in [0.5, 0.6) is 0 Å². The van der Waals surface area contributed by atoms with Crippen molar-refractivity contribution in [3.63, 3.8) is 0 Å². The number of amides is 1. The number of nitrogens with one attached hydrogen (secondary N) is 1. The summed E-state index contributed by atoms with van der Waals surface area (Å²) in [7, 11) is 0. The maximum absolute atomic E-state index is 11.9. The third-order valence-corrected chi connectivity index (χ3v) is 4.35. The topological polar surface area (TPSA) is 63.1 Å². The van der Waals surface area contributed by atoms with Gasteiger partial charge in [0.05, 0.1) is 6.54 Å². The van der Waals surface area contributed by atoms with Crippen LogP contribution in [0.25, 0.3) is 0 Å². The Morgan fingerprint density at radius 3 is 3.05 bits per heavy atom. The van der Waals surface area contributed by atoms with Crippen LogP contribution in [0.2, 0.25) is 0 Å². The van der Waals surface area contributed by atoms with Crippen molar-refractivity contribution in [2.45, 2.75) is 51.0 Å². The number of rotatable bonds is 6. The van der Waals surface area contributed by atoms with Gasteiger partial charge in [0.15, 0.2) is 0 Å². The van der Waals surface area contributed by atoms with E-state index in [1.165, 1.54) is 12.8 Å². The lowest BCUT2D eigenvalue weighted by Gasteiger charge is -2.31. The molecule has 6 nitrogen and oxygen atoms in total. The molecule has 21 heavy (non-hydrogen) atoms. The largest absolute Gasteiger partial charge is 0.355 e. The Labute approximate surface area is 125 Å². The first-order chi connectivity index (χ1) is 10.3. The van der Waals surface area contributed by atoms with Gasteiger partial charge in [-0.3, -0.25) is 9.69 Å². The molecule has 1 N–H and O–H groups in total. The lowest BCUT2D eigenvalue weighted by molar-refractivity contribution is -0.122. The molecule has 0 radical (unpaired) electrons. The van der Waals surface area contributed by atoms with E-state index in [9.17, 15) is 4.79 Å². The third-order valence-electron chi connectivity index (χ3n) is 4.35. The van der Waals surface area contributed by atoms with E-state index >= 15 is 0 Å². The highest BCUT2D eigenvalue weighted by Gasteiger charge is 2.31. The SMILES string of the molecule is CCCNC(=O)CN1CCC[C@H](c2nncn2C2CC2)C1. The second-order valence-electron chi connectivity index (χ2n) is 6.25. The molecular formula is C15H25N5O. The summed E-state index contributed by atoms with van der Waals surface area (Å²) in [6, 6.07) is 0.623. The van der Waals surface area contributed by atoms with Gasteiger partial charge in [0.1, 0.15) is 12.2 Å². The van der Waals surface area contributed by atoms with E-state index in [0.717, 1.165) is 44.7 Å². The minimum atomic E-state index is 0.140. The van der Waals surface area contributed by atoms with Crippen LogP contribution < -0.4 is 5.32 Å². The van der Waals surface area contributed by atoms with Crippen LogP contribution in [0.15, 0.2) is 6.33 Å². The smallest absolute Gasteiger partial charge is 0.234 e. The molecule has 0 unspecified atom stereocenters. The maximum Gasteiger partial charge on any atom is 0.234 e. The van der Waals surface area contributed by atoms with Crippen molar-refractivity contribution in [2.24, 2.45) is 0 Å². The molecule has 1 aromatic heterocycles. The summed E-state index contributed by atoms with van der Waals surface area (Å²) in [5, 5.41) is 11.4.